The number of carbonyl (C=O) groups excluding carboxylic acids is 1. The molecule has 2 N–H and O–H groups in total. The highest BCUT2D eigenvalue weighted by atomic mass is 16.5. The Balaban J connectivity index is 1.37. The molecule has 1 aliphatic rings. The van der Waals surface area contributed by atoms with E-state index in [1.54, 1.807) is 0 Å². The fourth-order valence-electron chi connectivity index (χ4n) is 4.12. The van der Waals surface area contributed by atoms with Gasteiger partial charge < -0.3 is 19.7 Å². The number of hydrogen-bond donors (Lipinski definition) is 2. The number of para-hydroxylation sites is 2. The zero-order valence-electron chi connectivity index (χ0n) is 16.6. The number of benzene rings is 3. The number of carbonyl (C=O) groups is 1. The summed E-state index contributed by atoms with van der Waals surface area (Å²) >= 11 is 0. The number of aliphatic hydroxyl groups is 1. The second kappa shape index (κ2) is 7.35. The van der Waals surface area contributed by atoms with Crippen LogP contribution in [0, 0.1) is 0 Å². The summed E-state index contributed by atoms with van der Waals surface area (Å²) < 4.78 is 8.00. The standard InChI is InChI=1S/C25H22N2O3/c1-27-13-12-16-14-17(10-11-20(16)27)21(28)15-26-25(29)24-18-6-2-4-8-22(18)30-23-9-5-3-7-19(23)24/h2-14,21,24,28H,15H2,1H3,(H,26,29). The summed E-state index contributed by atoms with van der Waals surface area (Å²) in [7, 11) is 1.99. The van der Waals surface area contributed by atoms with E-state index in [0.29, 0.717) is 11.5 Å². The number of fused-ring (bicyclic) bond motifs is 3. The maximum Gasteiger partial charge on any atom is 0.232 e. The highest BCUT2D eigenvalue weighted by Crippen LogP contribution is 2.43. The summed E-state index contributed by atoms with van der Waals surface area (Å²) in [6.07, 6.45) is 1.20. The number of amides is 1. The maximum absolute atomic E-state index is 13.2. The van der Waals surface area contributed by atoms with E-state index in [2.05, 4.69) is 5.32 Å². The quantitative estimate of drug-likeness (QED) is 0.540. The molecule has 0 spiro atoms. The van der Waals surface area contributed by atoms with E-state index in [-0.39, 0.29) is 12.5 Å². The summed E-state index contributed by atoms with van der Waals surface area (Å²) in [5, 5.41) is 14.7. The largest absolute Gasteiger partial charge is 0.457 e. The van der Waals surface area contributed by atoms with Crippen LogP contribution in [-0.2, 0) is 11.8 Å². The molecular formula is C25H22N2O3. The Hall–Kier alpha value is -3.57. The van der Waals surface area contributed by atoms with Gasteiger partial charge in [-0.25, -0.2) is 0 Å². The van der Waals surface area contributed by atoms with Gasteiger partial charge in [0.2, 0.25) is 5.91 Å². The van der Waals surface area contributed by atoms with Crippen molar-refractivity contribution in [1.29, 1.82) is 0 Å². The lowest BCUT2D eigenvalue weighted by molar-refractivity contribution is -0.122. The Morgan fingerprint density at radius 1 is 1.03 bits per heavy atom. The minimum Gasteiger partial charge on any atom is -0.457 e. The van der Waals surface area contributed by atoms with Crippen LogP contribution in [-0.4, -0.2) is 22.1 Å². The minimum absolute atomic E-state index is 0.138. The summed E-state index contributed by atoms with van der Waals surface area (Å²) in [4.78, 5) is 13.2. The SMILES string of the molecule is Cn1ccc2cc(C(O)CNC(=O)C3c4ccccc4Oc4ccccc43)ccc21. The van der Waals surface area contributed by atoms with Gasteiger partial charge in [-0.1, -0.05) is 42.5 Å². The van der Waals surface area contributed by atoms with Gasteiger partial charge in [0.15, 0.2) is 0 Å². The van der Waals surface area contributed by atoms with Crippen LogP contribution >= 0.6 is 0 Å². The third-order valence-electron chi connectivity index (χ3n) is 5.71. The van der Waals surface area contributed by atoms with Crippen molar-refractivity contribution in [1.82, 2.24) is 9.88 Å². The van der Waals surface area contributed by atoms with Crippen LogP contribution in [0.1, 0.15) is 28.7 Å². The number of nitrogens with one attached hydrogen (secondary N) is 1. The lowest BCUT2D eigenvalue weighted by Crippen LogP contribution is -2.34. The average molecular weight is 398 g/mol. The number of ether oxygens (including phenoxy) is 1. The summed E-state index contributed by atoms with van der Waals surface area (Å²) in [5.74, 6) is 0.742. The Bertz CT molecular complexity index is 1200. The molecule has 30 heavy (non-hydrogen) atoms. The molecule has 3 aromatic carbocycles. The van der Waals surface area contributed by atoms with Gasteiger partial charge in [-0.15, -0.1) is 0 Å². The topological polar surface area (TPSA) is 63.5 Å². The predicted molar refractivity (Wildman–Crippen MR) is 116 cm³/mol. The summed E-state index contributed by atoms with van der Waals surface area (Å²) in [6, 6.07) is 23.0. The van der Waals surface area contributed by atoms with Gasteiger partial charge in [-0.2, -0.15) is 0 Å². The molecule has 1 aromatic heterocycles. The molecule has 5 nitrogen and oxygen atoms in total. The molecule has 0 saturated heterocycles. The molecule has 1 aliphatic heterocycles. The third kappa shape index (κ3) is 3.13. The zero-order chi connectivity index (χ0) is 20.7. The predicted octanol–water partition coefficient (Wildman–Crippen LogP) is 4.27. The van der Waals surface area contributed by atoms with Crippen LogP contribution in [0.2, 0.25) is 0 Å². The van der Waals surface area contributed by atoms with Crippen LogP contribution in [0.25, 0.3) is 10.9 Å². The first-order chi connectivity index (χ1) is 14.6. The van der Waals surface area contributed by atoms with Crippen molar-refractivity contribution < 1.29 is 14.6 Å². The van der Waals surface area contributed by atoms with Crippen molar-refractivity contribution in [3.63, 3.8) is 0 Å². The molecule has 2 heterocycles. The highest BCUT2D eigenvalue weighted by Gasteiger charge is 2.32. The molecule has 4 aromatic rings. The monoisotopic (exact) mass is 398 g/mol. The molecule has 0 bridgehead atoms. The zero-order valence-corrected chi connectivity index (χ0v) is 16.6. The number of rotatable bonds is 4. The Kier molecular flexibility index (Phi) is 4.52. The van der Waals surface area contributed by atoms with Gasteiger partial charge in [0, 0.05) is 36.4 Å². The first-order valence-corrected chi connectivity index (χ1v) is 9.98. The van der Waals surface area contributed by atoms with Gasteiger partial charge in [0.25, 0.3) is 0 Å². The highest BCUT2D eigenvalue weighted by molar-refractivity contribution is 5.89. The number of nitrogens with zero attached hydrogens (tertiary/aromatic N) is 1. The molecule has 1 unspecified atom stereocenters. The fourth-order valence-corrected chi connectivity index (χ4v) is 4.12. The minimum atomic E-state index is -0.788. The van der Waals surface area contributed by atoms with Crippen LogP contribution in [0.3, 0.4) is 0 Å². The van der Waals surface area contributed by atoms with E-state index in [4.69, 9.17) is 4.74 Å². The number of aliphatic hydroxyl groups excluding tert-OH is 1. The van der Waals surface area contributed by atoms with Gasteiger partial charge in [-0.05, 0) is 41.3 Å². The number of aryl methyl sites for hydroxylation is 1. The Labute approximate surface area is 174 Å². The molecule has 5 rings (SSSR count). The van der Waals surface area contributed by atoms with Crippen LogP contribution in [0.4, 0.5) is 0 Å². The van der Waals surface area contributed by atoms with Crippen LogP contribution < -0.4 is 10.1 Å². The number of hydrogen-bond acceptors (Lipinski definition) is 3. The lowest BCUT2D eigenvalue weighted by atomic mass is 9.87. The van der Waals surface area contributed by atoms with E-state index < -0.39 is 12.0 Å². The van der Waals surface area contributed by atoms with E-state index in [0.717, 1.165) is 27.6 Å². The fraction of sp³-hybridized carbons (Fsp3) is 0.160. The summed E-state index contributed by atoms with van der Waals surface area (Å²) in [6.45, 7) is 0.138. The van der Waals surface area contributed by atoms with Crippen molar-refractivity contribution >= 4 is 16.8 Å². The molecule has 0 fully saturated rings. The van der Waals surface area contributed by atoms with Gasteiger partial charge >= 0.3 is 0 Å². The van der Waals surface area contributed by atoms with Gasteiger partial charge in [0.1, 0.15) is 11.5 Å². The lowest BCUT2D eigenvalue weighted by Gasteiger charge is -2.27. The second-order valence-corrected chi connectivity index (χ2v) is 7.62. The molecule has 150 valence electrons. The third-order valence-corrected chi connectivity index (χ3v) is 5.71. The van der Waals surface area contributed by atoms with Crippen molar-refractivity contribution in [2.75, 3.05) is 6.54 Å². The van der Waals surface area contributed by atoms with Crippen molar-refractivity contribution in [2.24, 2.45) is 7.05 Å². The Morgan fingerprint density at radius 2 is 1.70 bits per heavy atom. The van der Waals surface area contributed by atoms with Gasteiger partial charge in [0.05, 0.1) is 12.0 Å². The van der Waals surface area contributed by atoms with Crippen molar-refractivity contribution in [3.8, 4) is 11.5 Å². The van der Waals surface area contributed by atoms with Crippen LogP contribution in [0.15, 0.2) is 79.0 Å². The number of aromatic nitrogens is 1. The summed E-state index contributed by atoms with van der Waals surface area (Å²) in [5.41, 5.74) is 3.54. The van der Waals surface area contributed by atoms with Crippen LogP contribution in [0.5, 0.6) is 11.5 Å². The maximum atomic E-state index is 13.2. The van der Waals surface area contributed by atoms with Crippen molar-refractivity contribution in [3.05, 3.63) is 95.7 Å². The average Bonchev–Trinajstić information content (AvgIpc) is 3.15. The van der Waals surface area contributed by atoms with Gasteiger partial charge in [-0.3, -0.25) is 4.79 Å². The molecule has 0 saturated carbocycles. The smallest absolute Gasteiger partial charge is 0.232 e. The normalized spacial score (nSPS) is 13.9. The van der Waals surface area contributed by atoms with E-state index in [1.807, 2.05) is 90.6 Å². The Morgan fingerprint density at radius 3 is 2.40 bits per heavy atom. The molecule has 0 radical (unpaired) electrons. The molecule has 0 aliphatic carbocycles. The van der Waals surface area contributed by atoms with Crippen molar-refractivity contribution in [2.45, 2.75) is 12.0 Å². The van der Waals surface area contributed by atoms with E-state index >= 15 is 0 Å². The molecule has 1 amide bonds. The molecule has 5 heteroatoms. The first-order valence-electron chi connectivity index (χ1n) is 9.98. The molecular weight excluding hydrogens is 376 g/mol. The van der Waals surface area contributed by atoms with E-state index in [1.165, 1.54) is 0 Å². The second-order valence-electron chi connectivity index (χ2n) is 7.62. The van der Waals surface area contributed by atoms with E-state index in [9.17, 15) is 9.90 Å². The molecule has 1 atom stereocenters. The first kappa shape index (κ1) is 18.5.